The van der Waals surface area contributed by atoms with Crippen molar-refractivity contribution in [1.82, 2.24) is 9.78 Å². The van der Waals surface area contributed by atoms with E-state index in [2.05, 4.69) is 10.4 Å². The first-order valence-corrected chi connectivity index (χ1v) is 7.48. The molecule has 1 aromatic heterocycles. The molecule has 0 aliphatic carbocycles. The number of carbonyl (C=O) groups is 1. The van der Waals surface area contributed by atoms with Crippen molar-refractivity contribution in [1.29, 1.82) is 0 Å². The van der Waals surface area contributed by atoms with Gasteiger partial charge >= 0.3 is 0 Å². The predicted octanol–water partition coefficient (Wildman–Crippen LogP) is 3.11. The smallest absolute Gasteiger partial charge is 0.226 e. The van der Waals surface area contributed by atoms with E-state index in [1.165, 1.54) is 0 Å². The van der Waals surface area contributed by atoms with Gasteiger partial charge in [-0.2, -0.15) is 5.10 Å². The van der Waals surface area contributed by atoms with Gasteiger partial charge in [-0.1, -0.05) is 0 Å². The lowest BCUT2D eigenvalue weighted by Crippen LogP contribution is -2.19. The Hall–Kier alpha value is -2.50. The number of nitrogens with zero attached hydrogens (tertiary/aromatic N) is 2. The third-order valence-electron chi connectivity index (χ3n) is 3.58. The standard InChI is InChI=1S/C17H23N3O3/c1-11-6-12(2)20(19-11)13(3)7-17(21)18-14-8-15(22-4)10-16(9-14)23-5/h6,8-10,13H,7H2,1-5H3,(H,18,21)/t13-/m0/s1. The van der Waals surface area contributed by atoms with Crippen molar-refractivity contribution in [3.8, 4) is 11.5 Å². The molecule has 1 N–H and O–H groups in total. The second-order valence-corrected chi connectivity index (χ2v) is 5.57. The van der Waals surface area contributed by atoms with E-state index in [4.69, 9.17) is 9.47 Å². The molecule has 0 fully saturated rings. The second kappa shape index (κ2) is 7.17. The molecule has 23 heavy (non-hydrogen) atoms. The summed E-state index contributed by atoms with van der Waals surface area (Å²) >= 11 is 0. The molecule has 124 valence electrons. The third kappa shape index (κ3) is 4.25. The fourth-order valence-electron chi connectivity index (χ4n) is 2.54. The first-order chi connectivity index (χ1) is 10.9. The lowest BCUT2D eigenvalue weighted by atomic mass is 10.2. The molecule has 2 rings (SSSR count). The van der Waals surface area contributed by atoms with Gasteiger partial charge in [0.1, 0.15) is 11.5 Å². The molecule has 0 spiro atoms. The Bertz CT molecular complexity index is 672. The molecule has 0 bridgehead atoms. The monoisotopic (exact) mass is 317 g/mol. The van der Waals surface area contributed by atoms with Gasteiger partial charge in [0.15, 0.2) is 0 Å². The van der Waals surface area contributed by atoms with E-state index in [9.17, 15) is 4.79 Å². The Kier molecular flexibility index (Phi) is 5.26. The highest BCUT2D eigenvalue weighted by Gasteiger charge is 2.14. The zero-order valence-electron chi connectivity index (χ0n) is 14.2. The number of hydrogen-bond donors (Lipinski definition) is 1. The molecule has 0 aliphatic rings. The molecule has 0 saturated carbocycles. The Labute approximate surface area is 136 Å². The van der Waals surface area contributed by atoms with Crippen molar-refractivity contribution < 1.29 is 14.3 Å². The van der Waals surface area contributed by atoms with Gasteiger partial charge in [-0.15, -0.1) is 0 Å². The summed E-state index contributed by atoms with van der Waals surface area (Å²) in [5.41, 5.74) is 2.64. The van der Waals surface area contributed by atoms with Crippen LogP contribution >= 0.6 is 0 Å². The van der Waals surface area contributed by atoms with Gasteiger partial charge < -0.3 is 14.8 Å². The van der Waals surface area contributed by atoms with Crippen LogP contribution in [0.4, 0.5) is 5.69 Å². The van der Waals surface area contributed by atoms with Crippen LogP contribution in [0.3, 0.4) is 0 Å². The molecular weight excluding hydrogens is 294 g/mol. The number of hydrogen-bond acceptors (Lipinski definition) is 4. The Morgan fingerprint density at radius 3 is 2.26 bits per heavy atom. The van der Waals surface area contributed by atoms with E-state index in [0.29, 0.717) is 23.6 Å². The maximum atomic E-state index is 12.3. The van der Waals surface area contributed by atoms with Crippen LogP contribution in [0.2, 0.25) is 0 Å². The van der Waals surface area contributed by atoms with Crippen molar-refractivity contribution in [2.24, 2.45) is 0 Å². The van der Waals surface area contributed by atoms with Gasteiger partial charge in [0.25, 0.3) is 0 Å². The van der Waals surface area contributed by atoms with Gasteiger partial charge in [0.2, 0.25) is 5.91 Å². The van der Waals surface area contributed by atoms with Gasteiger partial charge in [-0.3, -0.25) is 9.48 Å². The topological polar surface area (TPSA) is 65.4 Å². The zero-order valence-corrected chi connectivity index (χ0v) is 14.2. The van der Waals surface area contributed by atoms with Crippen LogP contribution in [-0.2, 0) is 4.79 Å². The Morgan fingerprint density at radius 2 is 1.78 bits per heavy atom. The van der Waals surface area contributed by atoms with Crippen LogP contribution in [0.5, 0.6) is 11.5 Å². The van der Waals surface area contributed by atoms with Crippen LogP contribution < -0.4 is 14.8 Å². The summed E-state index contributed by atoms with van der Waals surface area (Å²) in [5, 5.41) is 7.30. The van der Waals surface area contributed by atoms with Crippen molar-refractivity contribution in [2.45, 2.75) is 33.2 Å². The number of anilines is 1. The summed E-state index contributed by atoms with van der Waals surface area (Å²) in [7, 11) is 3.15. The van der Waals surface area contributed by atoms with Crippen molar-refractivity contribution in [3.63, 3.8) is 0 Å². The predicted molar refractivity (Wildman–Crippen MR) is 89.2 cm³/mol. The number of aryl methyl sites for hydroxylation is 2. The second-order valence-electron chi connectivity index (χ2n) is 5.57. The summed E-state index contributed by atoms with van der Waals surface area (Å²) in [5.74, 6) is 1.18. The molecule has 0 saturated heterocycles. The highest BCUT2D eigenvalue weighted by molar-refractivity contribution is 5.91. The number of methoxy groups -OCH3 is 2. The molecule has 0 radical (unpaired) electrons. The molecule has 1 atom stereocenters. The van der Waals surface area contributed by atoms with E-state index in [1.807, 2.05) is 31.5 Å². The normalized spacial score (nSPS) is 11.9. The molecule has 1 amide bonds. The van der Waals surface area contributed by atoms with E-state index >= 15 is 0 Å². The van der Waals surface area contributed by atoms with Crippen LogP contribution in [0.1, 0.15) is 30.8 Å². The summed E-state index contributed by atoms with van der Waals surface area (Å²) in [6.45, 7) is 5.91. The summed E-state index contributed by atoms with van der Waals surface area (Å²) < 4.78 is 12.3. The van der Waals surface area contributed by atoms with Crippen molar-refractivity contribution in [3.05, 3.63) is 35.7 Å². The zero-order chi connectivity index (χ0) is 17.0. The Morgan fingerprint density at radius 1 is 1.17 bits per heavy atom. The van der Waals surface area contributed by atoms with E-state index in [1.54, 1.807) is 32.4 Å². The minimum absolute atomic E-state index is 0.0174. The largest absolute Gasteiger partial charge is 0.497 e. The highest BCUT2D eigenvalue weighted by atomic mass is 16.5. The fraction of sp³-hybridized carbons (Fsp3) is 0.412. The van der Waals surface area contributed by atoms with Gasteiger partial charge in [0.05, 0.1) is 26.0 Å². The molecule has 1 aromatic carbocycles. The van der Waals surface area contributed by atoms with E-state index < -0.39 is 0 Å². The van der Waals surface area contributed by atoms with Crippen LogP contribution in [0, 0.1) is 13.8 Å². The fourth-order valence-corrected chi connectivity index (χ4v) is 2.54. The number of benzene rings is 1. The van der Waals surface area contributed by atoms with Crippen LogP contribution in [-0.4, -0.2) is 29.9 Å². The van der Waals surface area contributed by atoms with Crippen LogP contribution in [0.25, 0.3) is 0 Å². The van der Waals surface area contributed by atoms with Crippen LogP contribution in [0.15, 0.2) is 24.3 Å². The average molecular weight is 317 g/mol. The summed E-state index contributed by atoms with van der Waals surface area (Å²) in [6, 6.07) is 7.26. The number of amides is 1. The van der Waals surface area contributed by atoms with Crippen molar-refractivity contribution >= 4 is 11.6 Å². The maximum absolute atomic E-state index is 12.3. The molecule has 2 aromatic rings. The number of nitrogens with one attached hydrogen (secondary N) is 1. The molecule has 6 heteroatoms. The number of rotatable bonds is 6. The molecule has 6 nitrogen and oxygen atoms in total. The Balaban J connectivity index is 2.06. The minimum Gasteiger partial charge on any atom is -0.497 e. The van der Waals surface area contributed by atoms with Gasteiger partial charge in [0, 0.05) is 36.0 Å². The maximum Gasteiger partial charge on any atom is 0.226 e. The molecular formula is C17H23N3O3. The quantitative estimate of drug-likeness (QED) is 0.889. The first-order valence-electron chi connectivity index (χ1n) is 7.48. The number of aromatic nitrogens is 2. The summed E-state index contributed by atoms with van der Waals surface area (Å²) in [4.78, 5) is 12.3. The van der Waals surface area contributed by atoms with Gasteiger partial charge in [-0.25, -0.2) is 0 Å². The molecule has 1 heterocycles. The van der Waals surface area contributed by atoms with E-state index in [-0.39, 0.29) is 11.9 Å². The SMILES string of the molecule is COc1cc(NC(=O)C[C@H](C)n2nc(C)cc2C)cc(OC)c1. The molecule has 0 aliphatic heterocycles. The first kappa shape index (κ1) is 16.9. The highest BCUT2D eigenvalue weighted by Crippen LogP contribution is 2.26. The van der Waals surface area contributed by atoms with Gasteiger partial charge in [-0.05, 0) is 26.8 Å². The van der Waals surface area contributed by atoms with Crippen molar-refractivity contribution in [2.75, 3.05) is 19.5 Å². The summed E-state index contributed by atoms with van der Waals surface area (Å²) in [6.07, 6.45) is 0.335. The lowest BCUT2D eigenvalue weighted by Gasteiger charge is -2.15. The lowest BCUT2D eigenvalue weighted by molar-refractivity contribution is -0.116. The van der Waals surface area contributed by atoms with E-state index in [0.717, 1.165) is 11.4 Å². The molecule has 0 unspecified atom stereocenters. The number of carbonyl (C=O) groups excluding carboxylic acids is 1. The minimum atomic E-state index is -0.0830. The number of ether oxygens (including phenoxy) is 2. The average Bonchev–Trinajstić information content (AvgIpc) is 2.85. The third-order valence-corrected chi connectivity index (χ3v) is 3.58.